The Morgan fingerprint density at radius 3 is 2.75 bits per heavy atom. The molecule has 2 aromatic rings. The van der Waals surface area contributed by atoms with E-state index >= 15 is 0 Å². The minimum Gasteiger partial charge on any atom is -0.362 e. The van der Waals surface area contributed by atoms with Crippen LogP contribution in [0.4, 0.5) is 10.6 Å². The van der Waals surface area contributed by atoms with Crippen molar-refractivity contribution in [2.75, 3.05) is 46.2 Å². The molecule has 0 unspecified atom stereocenters. The fourth-order valence-electron chi connectivity index (χ4n) is 2.01. The van der Waals surface area contributed by atoms with Crippen molar-refractivity contribution < 1.29 is 4.79 Å². The number of aromatic nitrogens is 3. The number of anilines is 1. The molecule has 7 nitrogen and oxygen atoms in total. The Kier molecular flexibility index (Phi) is 4.19. The molecule has 0 bridgehead atoms. The number of carbonyl (C=O) groups is 1. The molecule has 108 valence electrons. The van der Waals surface area contributed by atoms with Crippen molar-refractivity contribution >= 4 is 22.9 Å². The third-order valence-corrected chi connectivity index (χ3v) is 3.11. The number of likely N-dealkylation sites (N-methyl/N-ethyl adjacent to an activating group) is 2. The van der Waals surface area contributed by atoms with Crippen LogP contribution in [-0.2, 0) is 0 Å². The minimum absolute atomic E-state index is 0.0985. The Hall–Kier alpha value is -2.15. The normalized spacial score (nSPS) is 10.8. The number of fused-ring (bicyclic) bond motifs is 1. The summed E-state index contributed by atoms with van der Waals surface area (Å²) < 4.78 is 1.56. The van der Waals surface area contributed by atoms with Crippen LogP contribution in [-0.4, -0.2) is 66.7 Å². The van der Waals surface area contributed by atoms with Crippen LogP contribution in [0.25, 0.3) is 11.0 Å². The Bertz CT molecular complexity index is 606. The van der Waals surface area contributed by atoms with E-state index in [2.05, 4.69) is 15.3 Å². The molecule has 0 aliphatic heterocycles. The average molecular weight is 276 g/mol. The summed E-state index contributed by atoms with van der Waals surface area (Å²) >= 11 is 0. The largest absolute Gasteiger partial charge is 0.362 e. The van der Waals surface area contributed by atoms with Gasteiger partial charge in [0.2, 0.25) is 0 Å². The van der Waals surface area contributed by atoms with Crippen molar-refractivity contribution in [1.29, 1.82) is 0 Å². The Morgan fingerprint density at radius 2 is 2.10 bits per heavy atom. The lowest BCUT2D eigenvalue weighted by Crippen LogP contribution is -2.35. The van der Waals surface area contributed by atoms with E-state index in [-0.39, 0.29) is 6.03 Å². The van der Waals surface area contributed by atoms with Crippen molar-refractivity contribution in [1.82, 2.24) is 24.8 Å². The predicted octanol–water partition coefficient (Wildman–Crippen LogP) is 0.617. The molecule has 0 fully saturated rings. The quantitative estimate of drug-likeness (QED) is 0.886. The molecule has 20 heavy (non-hydrogen) atoms. The summed E-state index contributed by atoms with van der Waals surface area (Å²) in [6.07, 6.45) is 3.22. The molecule has 0 spiro atoms. The van der Waals surface area contributed by atoms with Gasteiger partial charge in [-0.15, -0.1) is 0 Å². The van der Waals surface area contributed by atoms with E-state index in [1.807, 2.05) is 32.1 Å². The highest BCUT2D eigenvalue weighted by Gasteiger charge is 2.16. The maximum atomic E-state index is 12.4. The molecule has 0 saturated heterocycles. The molecule has 0 aliphatic rings. The first kappa shape index (κ1) is 14.3. The van der Waals surface area contributed by atoms with Crippen LogP contribution < -0.4 is 10.2 Å². The summed E-state index contributed by atoms with van der Waals surface area (Å²) in [6, 6.07) is 1.77. The van der Waals surface area contributed by atoms with Gasteiger partial charge in [0.25, 0.3) is 0 Å². The Morgan fingerprint density at radius 1 is 1.35 bits per heavy atom. The maximum absolute atomic E-state index is 12.4. The van der Waals surface area contributed by atoms with Crippen LogP contribution in [0.1, 0.15) is 0 Å². The van der Waals surface area contributed by atoms with Crippen molar-refractivity contribution in [2.24, 2.45) is 0 Å². The van der Waals surface area contributed by atoms with Gasteiger partial charge in [-0.25, -0.2) is 14.8 Å². The average Bonchev–Trinajstić information content (AvgIpc) is 2.87. The monoisotopic (exact) mass is 276 g/mol. The molecule has 1 amide bonds. The van der Waals surface area contributed by atoms with E-state index in [1.165, 1.54) is 6.33 Å². The zero-order chi connectivity index (χ0) is 14.7. The van der Waals surface area contributed by atoms with E-state index in [1.54, 1.807) is 22.7 Å². The highest BCUT2D eigenvalue weighted by Crippen LogP contribution is 2.22. The second-order valence-electron chi connectivity index (χ2n) is 4.82. The van der Waals surface area contributed by atoms with Crippen LogP contribution in [0.5, 0.6) is 0 Å². The van der Waals surface area contributed by atoms with Gasteiger partial charge in [0.05, 0.1) is 5.39 Å². The molecule has 2 rings (SSSR count). The SMILES string of the molecule is CNCCN(C)C(=O)n1ccc2c(N(C)C)ncnc21. The number of nitrogens with zero attached hydrogens (tertiary/aromatic N) is 5. The molecule has 0 radical (unpaired) electrons. The van der Waals surface area contributed by atoms with E-state index in [0.29, 0.717) is 12.2 Å². The molecule has 1 N–H and O–H groups in total. The summed E-state index contributed by atoms with van der Waals surface area (Å²) in [7, 11) is 7.47. The van der Waals surface area contributed by atoms with Crippen LogP contribution in [0.3, 0.4) is 0 Å². The first-order chi connectivity index (χ1) is 9.56. The number of hydrogen-bond acceptors (Lipinski definition) is 5. The number of rotatable bonds is 4. The second-order valence-corrected chi connectivity index (χ2v) is 4.82. The molecule has 0 aliphatic carbocycles. The fourth-order valence-corrected chi connectivity index (χ4v) is 2.01. The van der Waals surface area contributed by atoms with Crippen molar-refractivity contribution in [3.63, 3.8) is 0 Å². The molecule has 2 aromatic heterocycles. The van der Waals surface area contributed by atoms with Crippen LogP contribution in [0.2, 0.25) is 0 Å². The highest BCUT2D eigenvalue weighted by molar-refractivity contribution is 5.94. The lowest BCUT2D eigenvalue weighted by molar-refractivity contribution is 0.212. The first-order valence-electron chi connectivity index (χ1n) is 6.45. The summed E-state index contributed by atoms with van der Waals surface area (Å²) in [6.45, 7) is 1.39. The molecule has 2 heterocycles. The molecule has 0 aromatic carbocycles. The third kappa shape index (κ3) is 2.57. The fraction of sp³-hybridized carbons (Fsp3) is 0.462. The summed E-state index contributed by atoms with van der Waals surface area (Å²) in [5, 5.41) is 3.89. The van der Waals surface area contributed by atoms with Gasteiger partial charge in [-0.05, 0) is 13.1 Å². The van der Waals surface area contributed by atoms with Gasteiger partial charge in [0.1, 0.15) is 12.1 Å². The first-order valence-corrected chi connectivity index (χ1v) is 6.45. The lowest BCUT2D eigenvalue weighted by Gasteiger charge is -2.17. The van der Waals surface area contributed by atoms with Crippen molar-refractivity contribution in [3.8, 4) is 0 Å². The maximum Gasteiger partial charge on any atom is 0.329 e. The Labute approximate surface area is 118 Å². The second kappa shape index (κ2) is 5.87. The Balaban J connectivity index is 2.36. The van der Waals surface area contributed by atoms with Gasteiger partial charge < -0.3 is 15.1 Å². The zero-order valence-electron chi connectivity index (χ0n) is 12.3. The third-order valence-electron chi connectivity index (χ3n) is 3.11. The van der Waals surface area contributed by atoms with Crippen molar-refractivity contribution in [3.05, 3.63) is 18.6 Å². The smallest absolute Gasteiger partial charge is 0.329 e. The van der Waals surface area contributed by atoms with Gasteiger partial charge in [-0.1, -0.05) is 0 Å². The van der Waals surface area contributed by atoms with E-state index in [0.717, 1.165) is 17.7 Å². The summed E-state index contributed by atoms with van der Waals surface area (Å²) in [4.78, 5) is 24.4. The molecule has 7 heteroatoms. The van der Waals surface area contributed by atoms with E-state index in [9.17, 15) is 4.79 Å². The van der Waals surface area contributed by atoms with Gasteiger partial charge in [-0.3, -0.25) is 4.57 Å². The summed E-state index contributed by atoms with van der Waals surface area (Å²) in [5.41, 5.74) is 0.630. The van der Waals surface area contributed by atoms with E-state index < -0.39 is 0 Å². The van der Waals surface area contributed by atoms with Gasteiger partial charge in [0.15, 0.2) is 5.65 Å². The number of nitrogens with one attached hydrogen (secondary N) is 1. The lowest BCUT2D eigenvalue weighted by atomic mass is 10.3. The molecular formula is C13H20N6O. The standard InChI is InChI=1S/C13H20N6O/c1-14-6-8-18(4)13(20)19-7-5-10-11(17(2)3)15-9-16-12(10)19/h5,7,9,14H,6,8H2,1-4H3. The molecule has 0 saturated carbocycles. The van der Waals surface area contributed by atoms with Crippen molar-refractivity contribution in [2.45, 2.75) is 0 Å². The highest BCUT2D eigenvalue weighted by atomic mass is 16.2. The molecular weight excluding hydrogens is 256 g/mol. The van der Waals surface area contributed by atoms with Crippen LogP contribution in [0.15, 0.2) is 18.6 Å². The van der Waals surface area contributed by atoms with Gasteiger partial charge in [0, 0.05) is 40.4 Å². The van der Waals surface area contributed by atoms with Crippen LogP contribution in [0, 0.1) is 0 Å². The number of hydrogen-bond donors (Lipinski definition) is 1. The predicted molar refractivity (Wildman–Crippen MR) is 79.2 cm³/mol. The number of amides is 1. The molecule has 0 atom stereocenters. The van der Waals surface area contributed by atoms with E-state index in [4.69, 9.17) is 0 Å². The topological polar surface area (TPSA) is 66.3 Å². The van der Waals surface area contributed by atoms with Crippen LogP contribution >= 0.6 is 0 Å². The summed E-state index contributed by atoms with van der Waals surface area (Å²) in [5.74, 6) is 0.805. The zero-order valence-corrected chi connectivity index (χ0v) is 12.3. The van der Waals surface area contributed by atoms with Gasteiger partial charge in [-0.2, -0.15) is 0 Å². The number of carbonyl (C=O) groups excluding carboxylic acids is 1. The minimum atomic E-state index is -0.0985. The van der Waals surface area contributed by atoms with Gasteiger partial charge >= 0.3 is 6.03 Å².